The molecule has 1 saturated heterocycles. The summed E-state index contributed by atoms with van der Waals surface area (Å²) in [6.07, 6.45) is 2.90. The Labute approximate surface area is 137 Å². The molecule has 1 fully saturated rings. The highest BCUT2D eigenvalue weighted by Crippen LogP contribution is 2.32. The second-order valence-electron chi connectivity index (χ2n) is 5.84. The smallest absolute Gasteiger partial charge is 0.306 e. The Morgan fingerprint density at radius 1 is 1.50 bits per heavy atom. The molecular formula is C14H20BrN3O4. The first-order chi connectivity index (χ1) is 10.4. The van der Waals surface area contributed by atoms with Crippen LogP contribution in [-0.2, 0) is 4.74 Å². The molecule has 0 aromatic carbocycles. The molecule has 8 heteroatoms. The molecule has 0 unspecified atom stereocenters. The van der Waals surface area contributed by atoms with E-state index in [1.54, 1.807) is 0 Å². The minimum absolute atomic E-state index is 0.0499. The summed E-state index contributed by atoms with van der Waals surface area (Å²) in [6.45, 7) is 6.06. The van der Waals surface area contributed by atoms with Crippen LogP contribution < -0.4 is 9.63 Å². The molecule has 2 rings (SSSR count). The molecule has 0 N–H and O–H groups in total. The normalized spacial score (nSPS) is 16.0. The van der Waals surface area contributed by atoms with Gasteiger partial charge in [0.25, 0.3) is 4.60 Å². The molecular weight excluding hydrogens is 354 g/mol. The lowest BCUT2D eigenvalue weighted by atomic mass is 10.0. The van der Waals surface area contributed by atoms with Gasteiger partial charge >= 0.3 is 5.69 Å². The van der Waals surface area contributed by atoms with Crippen molar-refractivity contribution in [3.63, 3.8) is 0 Å². The second-order valence-corrected chi connectivity index (χ2v) is 6.65. The van der Waals surface area contributed by atoms with Crippen LogP contribution in [0.2, 0.25) is 0 Å². The molecule has 0 radical (unpaired) electrons. The first-order valence-corrected chi connectivity index (χ1v) is 8.11. The molecule has 0 aliphatic carbocycles. The van der Waals surface area contributed by atoms with Crippen LogP contribution in [0.5, 0.6) is 0 Å². The summed E-state index contributed by atoms with van der Waals surface area (Å²) in [5, 5.41) is 23.3. The Morgan fingerprint density at radius 3 is 2.68 bits per heavy atom. The lowest BCUT2D eigenvalue weighted by Gasteiger charge is -2.36. The van der Waals surface area contributed by atoms with Crippen molar-refractivity contribution in [1.82, 2.24) is 0 Å². The van der Waals surface area contributed by atoms with Crippen molar-refractivity contribution in [2.45, 2.75) is 32.7 Å². The number of ether oxygens (including phenoxy) is 1. The fourth-order valence-corrected chi connectivity index (χ4v) is 3.01. The number of nitrogens with zero attached hydrogens (tertiary/aromatic N) is 3. The number of aromatic nitrogens is 1. The van der Waals surface area contributed by atoms with Gasteiger partial charge in [-0.2, -0.15) is 4.73 Å². The maximum absolute atomic E-state index is 11.9. The van der Waals surface area contributed by atoms with Crippen molar-refractivity contribution >= 4 is 27.3 Å². The average molecular weight is 374 g/mol. The fourth-order valence-electron chi connectivity index (χ4n) is 2.69. The monoisotopic (exact) mass is 373 g/mol. The van der Waals surface area contributed by atoms with Crippen molar-refractivity contribution < 1.29 is 14.4 Å². The van der Waals surface area contributed by atoms with E-state index in [9.17, 15) is 15.3 Å². The highest BCUT2D eigenvalue weighted by molar-refractivity contribution is 9.10. The van der Waals surface area contributed by atoms with Crippen molar-refractivity contribution in [1.29, 1.82) is 0 Å². The van der Waals surface area contributed by atoms with Gasteiger partial charge in [0, 0.05) is 41.7 Å². The number of halogens is 1. The highest BCUT2D eigenvalue weighted by Gasteiger charge is 2.31. The Balaban J connectivity index is 2.45. The lowest BCUT2D eigenvalue weighted by molar-refractivity contribution is -0.617. The summed E-state index contributed by atoms with van der Waals surface area (Å²) in [7, 11) is 0. The van der Waals surface area contributed by atoms with Gasteiger partial charge < -0.3 is 14.8 Å². The third-order valence-corrected chi connectivity index (χ3v) is 4.25. The summed E-state index contributed by atoms with van der Waals surface area (Å²) in [6, 6.07) is 1.42. The number of pyridine rings is 1. The van der Waals surface area contributed by atoms with Gasteiger partial charge in [-0.3, -0.25) is 10.1 Å². The third-order valence-electron chi connectivity index (χ3n) is 3.67. The van der Waals surface area contributed by atoms with E-state index in [1.165, 1.54) is 12.3 Å². The van der Waals surface area contributed by atoms with E-state index < -0.39 is 4.92 Å². The van der Waals surface area contributed by atoms with Crippen LogP contribution in [0.15, 0.2) is 16.9 Å². The van der Waals surface area contributed by atoms with E-state index in [0.29, 0.717) is 36.1 Å². The predicted octanol–water partition coefficient (Wildman–Crippen LogP) is 2.63. The Bertz CT molecular complexity index is 547. The van der Waals surface area contributed by atoms with E-state index in [0.717, 1.165) is 12.8 Å². The van der Waals surface area contributed by atoms with Crippen LogP contribution in [0, 0.1) is 21.2 Å². The zero-order valence-corrected chi connectivity index (χ0v) is 14.3. The van der Waals surface area contributed by atoms with Crippen LogP contribution in [-0.4, -0.2) is 30.7 Å². The molecule has 1 aliphatic rings. The molecule has 1 aromatic rings. The quantitative estimate of drug-likeness (QED) is 0.260. The van der Waals surface area contributed by atoms with Crippen molar-refractivity contribution in [2.75, 3.05) is 24.7 Å². The van der Waals surface area contributed by atoms with Crippen LogP contribution >= 0.6 is 15.9 Å². The number of rotatable bonds is 5. The molecule has 1 aromatic heterocycles. The standard InChI is InChI=1S/C14H20BrN3O4/c1-10(2)8-16(11-3-5-22-6-4-11)13-9-17(19)14(15)7-12(13)18(20)21/h7,9-11H,3-6,8H2,1-2H3. The zero-order chi connectivity index (χ0) is 16.3. The number of hydrogen-bond acceptors (Lipinski definition) is 5. The average Bonchev–Trinajstić information content (AvgIpc) is 2.48. The number of nitro groups is 1. The Hall–Kier alpha value is -1.41. The molecule has 0 saturated carbocycles. The zero-order valence-electron chi connectivity index (χ0n) is 12.7. The maximum atomic E-state index is 11.9. The molecule has 0 amide bonds. The number of hydrogen-bond donors (Lipinski definition) is 0. The number of anilines is 1. The Kier molecular flexibility index (Phi) is 5.57. The van der Waals surface area contributed by atoms with Gasteiger partial charge in [0.15, 0.2) is 5.69 Å². The first-order valence-electron chi connectivity index (χ1n) is 7.31. The van der Waals surface area contributed by atoms with Gasteiger partial charge in [0.2, 0.25) is 6.20 Å². The molecule has 0 spiro atoms. The largest absolute Gasteiger partial charge is 0.618 e. The van der Waals surface area contributed by atoms with Crippen molar-refractivity contribution in [3.05, 3.63) is 32.2 Å². The molecule has 7 nitrogen and oxygen atoms in total. The van der Waals surface area contributed by atoms with Crippen LogP contribution in [0.3, 0.4) is 0 Å². The summed E-state index contributed by atoms with van der Waals surface area (Å²) in [5.74, 6) is 0.325. The van der Waals surface area contributed by atoms with Crippen LogP contribution in [0.25, 0.3) is 0 Å². The van der Waals surface area contributed by atoms with E-state index in [-0.39, 0.29) is 16.3 Å². The van der Waals surface area contributed by atoms with E-state index in [2.05, 4.69) is 29.8 Å². The molecule has 0 atom stereocenters. The SMILES string of the molecule is CC(C)CN(c1c[n+]([O-])c(Br)cc1[N+](=O)[O-])C1CCOCC1. The van der Waals surface area contributed by atoms with Crippen LogP contribution in [0.4, 0.5) is 11.4 Å². The van der Waals surface area contributed by atoms with E-state index >= 15 is 0 Å². The maximum Gasteiger partial charge on any atom is 0.306 e. The lowest BCUT2D eigenvalue weighted by Crippen LogP contribution is -2.43. The van der Waals surface area contributed by atoms with E-state index in [1.807, 2.05) is 4.90 Å². The fraction of sp³-hybridized carbons (Fsp3) is 0.643. The summed E-state index contributed by atoms with van der Waals surface area (Å²) in [4.78, 5) is 12.9. The highest BCUT2D eigenvalue weighted by atomic mass is 79.9. The van der Waals surface area contributed by atoms with E-state index in [4.69, 9.17) is 4.74 Å². The molecule has 22 heavy (non-hydrogen) atoms. The molecule has 2 heterocycles. The molecule has 122 valence electrons. The third kappa shape index (κ3) is 3.86. The van der Waals surface area contributed by atoms with Crippen LogP contribution in [0.1, 0.15) is 26.7 Å². The van der Waals surface area contributed by atoms with Gasteiger partial charge in [-0.15, -0.1) is 0 Å². The molecule has 0 bridgehead atoms. The van der Waals surface area contributed by atoms with Gasteiger partial charge in [0.05, 0.1) is 11.0 Å². The predicted molar refractivity (Wildman–Crippen MR) is 85.8 cm³/mol. The summed E-state index contributed by atoms with van der Waals surface area (Å²) < 4.78 is 6.13. The van der Waals surface area contributed by atoms with Gasteiger partial charge in [-0.25, -0.2) is 0 Å². The molecule has 1 aliphatic heterocycles. The summed E-state index contributed by atoms with van der Waals surface area (Å²) >= 11 is 3.05. The topological polar surface area (TPSA) is 82.5 Å². The van der Waals surface area contributed by atoms with Gasteiger partial charge in [-0.1, -0.05) is 13.8 Å². The first kappa shape index (κ1) is 17.0. The van der Waals surface area contributed by atoms with Gasteiger partial charge in [0.1, 0.15) is 0 Å². The summed E-state index contributed by atoms with van der Waals surface area (Å²) in [5.41, 5.74) is 0.329. The second kappa shape index (κ2) is 7.23. The minimum atomic E-state index is -0.438. The van der Waals surface area contributed by atoms with Crippen molar-refractivity contribution in [2.24, 2.45) is 5.92 Å². The van der Waals surface area contributed by atoms with Crippen molar-refractivity contribution in [3.8, 4) is 0 Å². The Morgan fingerprint density at radius 2 is 2.14 bits per heavy atom. The minimum Gasteiger partial charge on any atom is -0.618 e. The van der Waals surface area contributed by atoms with Gasteiger partial charge in [-0.05, 0) is 18.8 Å².